The fourth-order valence-corrected chi connectivity index (χ4v) is 1.68. The van der Waals surface area contributed by atoms with Gasteiger partial charge in [0.1, 0.15) is 0 Å². The average molecular weight is 199 g/mol. The Morgan fingerprint density at radius 3 is 2.75 bits per heavy atom. The second kappa shape index (κ2) is 4.02. The van der Waals surface area contributed by atoms with E-state index in [-0.39, 0.29) is 0 Å². The Morgan fingerprint density at radius 1 is 1.50 bits per heavy atom. The lowest BCUT2D eigenvalue weighted by Crippen LogP contribution is -2.15. The Kier molecular flexibility index (Phi) is 3.25. The molecule has 0 aromatic heterocycles. The Balaban J connectivity index is 2.20. The molecule has 0 amide bonds. The summed E-state index contributed by atoms with van der Waals surface area (Å²) in [6.45, 7) is -1.29. The number of nitrogens with zero attached hydrogens (tertiary/aromatic N) is 1. The van der Waals surface area contributed by atoms with Crippen LogP contribution in [0.15, 0.2) is 5.16 Å². The number of alkyl halides is 3. The van der Waals surface area contributed by atoms with Crippen LogP contribution in [0.2, 0.25) is 0 Å². The smallest absolute Gasteiger partial charge is 0.386 e. The first-order valence-corrected chi connectivity index (χ1v) is 4.55. The van der Waals surface area contributed by atoms with Crippen molar-refractivity contribution >= 4 is 17.5 Å². The molecule has 0 aromatic carbocycles. The highest BCUT2D eigenvalue weighted by Gasteiger charge is 2.28. The third kappa shape index (κ3) is 3.85. The van der Waals surface area contributed by atoms with E-state index in [1.807, 2.05) is 0 Å². The summed E-state index contributed by atoms with van der Waals surface area (Å²) < 4.78 is 34.6. The molecule has 1 fully saturated rings. The molecule has 1 aliphatic rings. The van der Waals surface area contributed by atoms with Gasteiger partial charge in [0.25, 0.3) is 0 Å². The van der Waals surface area contributed by atoms with E-state index in [1.165, 1.54) is 0 Å². The minimum absolute atomic E-state index is 0.692. The maximum absolute atomic E-state index is 11.5. The number of hydrogen-bond donors (Lipinski definition) is 0. The maximum atomic E-state index is 11.5. The minimum atomic E-state index is -4.28. The standard InChI is InChI=1S/C6H8F3NOS/c7-6(8,9)4-11-10-5-1-2-12-3-5/h1-4H2/b10-5+. The van der Waals surface area contributed by atoms with Crippen LogP contribution in [0.3, 0.4) is 0 Å². The van der Waals surface area contributed by atoms with Crippen molar-refractivity contribution in [3.05, 3.63) is 0 Å². The zero-order chi connectivity index (χ0) is 9.03. The third-order valence-electron chi connectivity index (χ3n) is 1.23. The molecule has 0 bridgehead atoms. The molecule has 70 valence electrons. The molecule has 12 heavy (non-hydrogen) atoms. The van der Waals surface area contributed by atoms with Crippen LogP contribution in [0.1, 0.15) is 6.42 Å². The van der Waals surface area contributed by atoms with Gasteiger partial charge in [0, 0.05) is 5.75 Å². The SMILES string of the molecule is FC(F)(F)CO/N=C1\CCSC1. The van der Waals surface area contributed by atoms with E-state index in [0.29, 0.717) is 11.5 Å². The Morgan fingerprint density at radius 2 is 2.25 bits per heavy atom. The molecule has 6 heteroatoms. The lowest BCUT2D eigenvalue weighted by atomic mass is 10.3. The monoisotopic (exact) mass is 199 g/mol. The predicted molar refractivity (Wildman–Crippen MR) is 41.4 cm³/mol. The Bertz CT molecular complexity index is 172. The van der Waals surface area contributed by atoms with Crippen molar-refractivity contribution in [2.24, 2.45) is 5.16 Å². The van der Waals surface area contributed by atoms with E-state index in [1.54, 1.807) is 11.8 Å². The van der Waals surface area contributed by atoms with E-state index >= 15 is 0 Å². The minimum Gasteiger partial charge on any atom is -0.386 e. The topological polar surface area (TPSA) is 21.6 Å². The van der Waals surface area contributed by atoms with Crippen molar-refractivity contribution in [1.82, 2.24) is 0 Å². The summed E-state index contributed by atoms with van der Waals surface area (Å²) in [5.74, 6) is 1.62. The summed E-state index contributed by atoms with van der Waals surface area (Å²) in [7, 11) is 0. The molecule has 1 aliphatic heterocycles. The Hall–Kier alpha value is -0.390. The fraction of sp³-hybridized carbons (Fsp3) is 0.833. The van der Waals surface area contributed by atoms with Gasteiger partial charge in [-0.15, -0.1) is 0 Å². The summed E-state index contributed by atoms with van der Waals surface area (Å²) in [6, 6.07) is 0. The molecule has 0 aliphatic carbocycles. The summed E-state index contributed by atoms with van der Waals surface area (Å²) in [6.07, 6.45) is -3.54. The zero-order valence-corrected chi connectivity index (χ0v) is 7.04. The zero-order valence-electron chi connectivity index (χ0n) is 6.23. The lowest BCUT2D eigenvalue weighted by Gasteiger charge is -2.03. The van der Waals surface area contributed by atoms with Crippen LogP contribution in [0, 0.1) is 0 Å². The van der Waals surface area contributed by atoms with Gasteiger partial charge in [-0.1, -0.05) is 5.16 Å². The molecule has 1 rings (SSSR count). The highest BCUT2D eigenvalue weighted by atomic mass is 32.2. The van der Waals surface area contributed by atoms with Gasteiger partial charge in [-0.25, -0.2) is 0 Å². The average Bonchev–Trinajstić information content (AvgIpc) is 2.36. The second-order valence-corrected chi connectivity index (χ2v) is 3.45. The van der Waals surface area contributed by atoms with Crippen molar-refractivity contribution in [1.29, 1.82) is 0 Å². The summed E-state index contributed by atoms with van der Waals surface area (Å²) in [5, 5.41) is 3.38. The van der Waals surface area contributed by atoms with Crippen LogP contribution >= 0.6 is 11.8 Å². The number of halogens is 3. The van der Waals surface area contributed by atoms with Crippen LogP contribution < -0.4 is 0 Å². The van der Waals surface area contributed by atoms with Gasteiger partial charge in [0.15, 0.2) is 0 Å². The lowest BCUT2D eigenvalue weighted by molar-refractivity contribution is -0.173. The van der Waals surface area contributed by atoms with E-state index in [9.17, 15) is 13.2 Å². The molecular formula is C6H8F3NOS. The molecule has 1 heterocycles. The number of hydrogen-bond acceptors (Lipinski definition) is 3. The molecular weight excluding hydrogens is 191 g/mol. The van der Waals surface area contributed by atoms with E-state index in [0.717, 1.165) is 12.2 Å². The van der Waals surface area contributed by atoms with Crippen LogP contribution in [0.25, 0.3) is 0 Å². The van der Waals surface area contributed by atoms with Gasteiger partial charge in [0.2, 0.25) is 6.61 Å². The van der Waals surface area contributed by atoms with E-state index in [2.05, 4.69) is 9.99 Å². The highest BCUT2D eigenvalue weighted by Crippen LogP contribution is 2.17. The van der Waals surface area contributed by atoms with E-state index < -0.39 is 12.8 Å². The molecule has 0 aromatic rings. The third-order valence-corrected chi connectivity index (χ3v) is 2.26. The molecule has 0 atom stereocenters. The molecule has 0 spiro atoms. The first-order chi connectivity index (χ1) is 5.58. The van der Waals surface area contributed by atoms with Crippen LogP contribution in [0.4, 0.5) is 13.2 Å². The molecule has 0 saturated carbocycles. The van der Waals surface area contributed by atoms with Gasteiger partial charge in [-0.2, -0.15) is 24.9 Å². The van der Waals surface area contributed by atoms with E-state index in [4.69, 9.17) is 0 Å². The summed E-state index contributed by atoms with van der Waals surface area (Å²) >= 11 is 1.65. The second-order valence-electron chi connectivity index (χ2n) is 2.35. The van der Waals surface area contributed by atoms with Crippen LogP contribution in [-0.4, -0.2) is 30.0 Å². The van der Waals surface area contributed by atoms with Crippen LogP contribution in [-0.2, 0) is 4.84 Å². The van der Waals surface area contributed by atoms with Crippen molar-refractivity contribution in [3.63, 3.8) is 0 Å². The molecule has 0 N–H and O–H groups in total. The number of rotatable bonds is 2. The summed E-state index contributed by atoms with van der Waals surface area (Å²) in [4.78, 5) is 4.13. The number of oxime groups is 1. The van der Waals surface area contributed by atoms with Gasteiger partial charge < -0.3 is 4.84 Å². The van der Waals surface area contributed by atoms with Crippen molar-refractivity contribution in [2.45, 2.75) is 12.6 Å². The fourth-order valence-electron chi connectivity index (χ4n) is 0.721. The first kappa shape index (κ1) is 9.70. The van der Waals surface area contributed by atoms with Gasteiger partial charge in [0.05, 0.1) is 5.71 Å². The number of thioether (sulfide) groups is 1. The Labute approximate surface area is 72.1 Å². The summed E-state index contributed by atoms with van der Waals surface area (Å²) in [5.41, 5.74) is 0.712. The highest BCUT2D eigenvalue weighted by molar-refractivity contribution is 8.00. The maximum Gasteiger partial charge on any atom is 0.425 e. The van der Waals surface area contributed by atoms with Crippen LogP contribution in [0.5, 0.6) is 0 Å². The quantitative estimate of drug-likeness (QED) is 0.635. The predicted octanol–water partition coefficient (Wildman–Crippen LogP) is 2.06. The van der Waals surface area contributed by atoms with Crippen molar-refractivity contribution in [2.75, 3.05) is 18.1 Å². The van der Waals surface area contributed by atoms with Crippen molar-refractivity contribution in [3.8, 4) is 0 Å². The van der Waals surface area contributed by atoms with Gasteiger partial charge >= 0.3 is 6.18 Å². The normalized spacial score (nSPS) is 21.8. The molecule has 0 unspecified atom stereocenters. The first-order valence-electron chi connectivity index (χ1n) is 3.40. The molecule has 1 saturated heterocycles. The van der Waals surface area contributed by atoms with Gasteiger partial charge in [-0.05, 0) is 12.2 Å². The largest absolute Gasteiger partial charge is 0.425 e. The molecule has 0 radical (unpaired) electrons. The van der Waals surface area contributed by atoms with Gasteiger partial charge in [-0.3, -0.25) is 0 Å². The van der Waals surface area contributed by atoms with Crippen molar-refractivity contribution < 1.29 is 18.0 Å². The molecule has 2 nitrogen and oxygen atoms in total.